The van der Waals surface area contributed by atoms with Crippen molar-refractivity contribution in [2.24, 2.45) is 0 Å². The van der Waals surface area contributed by atoms with E-state index in [-0.39, 0.29) is 38.5 Å². The van der Waals surface area contributed by atoms with E-state index in [4.69, 9.17) is 19.3 Å². The summed E-state index contributed by atoms with van der Waals surface area (Å²) in [6.45, 7) is 2.63. The second-order valence-corrected chi connectivity index (χ2v) is 10.2. The third-order valence-electron chi connectivity index (χ3n) is 6.35. The molecule has 0 saturated carbocycles. The Hall–Kier alpha value is -2.22. The van der Waals surface area contributed by atoms with Gasteiger partial charge < -0.3 is 34.6 Å². The van der Waals surface area contributed by atoms with Crippen LogP contribution in [0, 0.1) is 3.57 Å². The normalized spacial score (nSPS) is 18.9. The van der Waals surface area contributed by atoms with Gasteiger partial charge in [0.25, 0.3) is 0 Å². The van der Waals surface area contributed by atoms with Crippen LogP contribution in [0.1, 0.15) is 55.8 Å². The summed E-state index contributed by atoms with van der Waals surface area (Å²) in [5.74, 6) is 0.0408. The first-order chi connectivity index (χ1) is 18.3. The molecule has 0 radical (unpaired) electrons. The van der Waals surface area contributed by atoms with Crippen LogP contribution in [0.25, 0.3) is 0 Å². The number of ether oxygens (including phenoxy) is 3. The summed E-state index contributed by atoms with van der Waals surface area (Å²) in [6, 6.07) is 2.44. The van der Waals surface area contributed by atoms with E-state index < -0.39 is 24.2 Å². The van der Waals surface area contributed by atoms with Crippen molar-refractivity contribution in [2.45, 2.75) is 63.7 Å². The molecule has 3 N–H and O–H groups in total. The van der Waals surface area contributed by atoms with Gasteiger partial charge in [-0.2, -0.15) is 0 Å². The SMILES string of the molecule is CCCCCCN(C(=O)CCOC)C1CC(C(=O)NCCO)=CC(Oc2c(I)cc(C=O)cc2OC)C1O. The van der Waals surface area contributed by atoms with Crippen LogP contribution >= 0.6 is 22.6 Å². The summed E-state index contributed by atoms with van der Waals surface area (Å²) < 4.78 is 17.3. The molecule has 0 aliphatic heterocycles. The van der Waals surface area contributed by atoms with Crippen molar-refractivity contribution in [1.82, 2.24) is 10.2 Å². The van der Waals surface area contributed by atoms with Crippen molar-refractivity contribution in [3.05, 3.63) is 32.9 Å². The second-order valence-electron chi connectivity index (χ2n) is 9.06. The van der Waals surface area contributed by atoms with Crippen molar-refractivity contribution in [3.8, 4) is 11.5 Å². The number of aldehydes is 1. The van der Waals surface area contributed by atoms with Gasteiger partial charge in [0.05, 0.1) is 36.4 Å². The molecule has 3 atom stereocenters. The van der Waals surface area contributed by atoms with Crippen LogP contribution in [0.4, 0.5) is 0 Å². The number of nitrogens with one attached hydrogen (secondary N) is 1. The molecule has 1 aliphatic carbocycles. The standard InChI is InChI=1S/C27H39IN2O8/c1-4-5-6-7-10-30(24(33)8-12-36-2)21-15-19(27(35)29-9-11-31)16-22(25(21)34)38-26-20(28)13-18(17-32)14-23(26)37-3/h13-14,16-17,21-22,25,31,34H,4-12,15H2,1-3H3,(H,29,35). The van der Waals surface area contributed by atoms with Crippen molar-refractivity contribution >= 4 is 40.7 Å². The van der Waals surface area contributed by atoms with Gasteiger partial charge >= 0.3 is 0 Å². The first-order valence-electron chi connectivity index (χ1n) is 12.9. The maximum atomic E-state index is 13.2. The minimum absolute atomic E-state index is 0.0707. The molecule has 0 aromatic heterocycles. The van der Waals surface area contributed by atoms with Gasteiger partial charge in [0.15, 0.2) is 11.5 Å². The molecule has 10 nitrogen and oxygen atoms in total. The van der Waals surface area contributed by atoms with Crippen LogP contribution in [-0.2, 0) is 14.3 Å². The number of unbranched alkanes of at least 4 members (excludes halogenated alkanes) is 3. The maximum absolute atomic E-state index is 13.2. The Bertz CT molecular complexity index is 971. The first-order valence-corrected chi connectivity index (χ1v) is 13.9. The summed E-state index contributed by atoms with van der Waals surface area (Å²) in [5.41, 5.74) is 0.748. The quantitative estimate of drug-likeness (QED) is 0.142. The molecule has 1 aromatic rings. The topological polar surface area (TPSA) is 135 Å². The number of amides is 2. The Balaban J connectivity index is 2.46. The van der Waals surface area contributed by atoms with Gasteiger partial charge in [0, 0.05) is 37.8 Å². The lowest BCUT2D eigenvalue weighted by Crippen LogP contribution is -2.55. The minimum Gasteiger partial charge on any atom is -0.493 e. The largest absolute Gasteiger partial charge is 0.493 e. The molecular weight excluding hydrogens is 607 g/mol. The van der Waals surface area contributed by atoms with Crippen LogP contribution in [-0.4, -0.2) is 92.0 Å². The lowest BCUT2D eigenvalue weighted by molar-refractivity contribution is -0.139. The van der Waals surface area contributed by atoms with Crippen molar-refractivity contribution in [3.63, 3.8) is 0 Å². The number of hydrogen-bond acceptors (Lipinski definition) is 8. The second kappa shape index (κ2) is 16.7. The number of carbonyl (C=O) groups excluding carboxylic acids is 3. The fraction of sp³-hybridized carbons (Fsp3) is 0.593. The Morgan fingerprint density at radius 1 is 1.24 bits per heavy atom. The molecule has 2 rings (SSSR count). The minimum atomic E-state index is -1.15. The van der Waals surface area contributed by atoms with Gasteiger partial charge in [0.2, 0.25) is 11.8 Å². The number of benzene rings is 1. The average molecular weight is 647 g/mol. The van der Waals surface area contributed by atoms with Gasteiger partial charge in [-0.05, 0) is 47.2 Å². The number of halogens is 1. The highest BCUT2D eigenvalue weighted by molar-refractivity contribution is 14.1. The van der Waals surface area contributed by atoms with Crippen LogP contribution in [0.3, 0.4) is 0 Å². The van der Waals surface area contributed by atoms with Gasteiger partial charge in [-0.25, -0.2) is 0 Å². The van der Waals surface area contributed by atoms with Crippen molar-refractivity contribution < 1.29 is 38.8 Å². The number of methoxy groups -OCH3 is 2. The molecule has 0 fully saturated rings. The number of carbonyl (C=O) groups is 3. The Morgan fingerprint density at radius 2 is 2.00 bits per heavy atom. The highest BCUT2D eigenvalue weighted by Gasteiger charge is 2.40. The number of hydrogen-bond donors (Lipinski definition) is 3. The molecule has 1 aromatic carbocycles. The molecule has 0 spiro atoms. The number of aliphatic hydroxyl groups is 2. The Labute approximate surface area is 237 Å². The zero-order valence-corrected chi connectivity index (χ0v) is 24.4. The summed E-state index contributed by atoms with van der Waals surface area (Å²) in [5, 5.41) is 23.3. The lowest BCUT2D eigenvalue weighted by atomic mass is 9.87. The van der Waals surface area contributed by atoms with Gasteiger partial charge in [-0.1, -0.05) is 26.2 Å². The number of aliphatic hydroxyl groups excluding tert-OH is 2. The summed E-state index contributed by atoms with van der Waals surface area (Å²) in [4.78, 5) is 39.1. The fourth-order valence-corrected chi connectivity index (χ4v) is 5.11. The third-order valence-corrected chi connectivity index (χ3v) is 7.15. The molecule has 0 heterocycles. The van der Waals surface area contributed by atoms with Crippen molar-refractivity contribution in [2.75, 3.05) is 40.5 Å². The van der Waals surface area contributed by atoms with E-state index in [0.717, 1.165) is 25.7 Å². The molecule has 1 aliphatic rings. The first kappa shape index (κ1) is 32.0. The van der Waals surface area contributed by atoms with E-state index in [1.165, 1.54) is 20.3 Å². The van der Waals surface area contributed by atoms with Crippen LogP contribution < -0.4 is 14.8 Å². The molecule has 0 saturated heterocycles. The Kier molecular flexibility index (Phi) is 14.0. The van der Waals surface area contributed by atoms with Crippen molar-refractivity contribution in [1.29, 1.82) is 0 Å². The highest BCUT2D eigenvalue weighted by atomic mass is 127. The van der Waals surface area contributed by atoms with Crippen LogP contribution in [0.2, 0.25) is 0 Å². The number of nitrogens with zero attached hydrogens (tertiary/aromatic N) is 1. The van der Waals surface area contributed by atoms with E-state index in [2.05, 4.69) is 12.2 Å². The van der Waals surface area contributed by atoms with Crippen LogP contribution in [0.5, 0.6) is 11.5 Å². The van der Waals surface area contributed by atoms with E-state index in [9.17, 15) is 19.5 Å². The van der Waals surface area contributed by atoms with E-state index >= 15 is 0 Å². The number of rotatable bonds is 16. The summed E-state index contributed by atoms with van der Waals surface area (Å²) in [6.07, 6.45) is 4.16. The zero-order chi connectivity index (χ0) is 28.1. The predicted molar refractivity (Wildman–Crippen MR) is 150 cm³/mol. The molecule has 212 valence electrons. The molecular formula is C27H39IN2O8. The average Bonchev–Trinajstić information content (AvgIpc) is 2.92. The third kappa shape index (κ3) is 8.92. The van der Waals surface area contributed by atoms with E-state index in [0.29, 0.717) is 39.0 Å². The van der Waals surface area contributed by atoms with Gasteiger partial charge in [0.1, 0.15) is 18.5 Å². The molecule has 0 bridgehead atoms. The van der Waals surface area contributed by atoms with Gasteiger partial charge in [-0.15, -0.1) is 0 Å². The highest BCUT2D eigenvalue weighted by Crippen LogP contribution is 2.37. The lowest BCUT2D eigenvalue weighted by Gasteiger charge is -2.40. The Morgan fingerprint density at radius 3 is 2.63 bits per heavy atom. The predicted octanol–water partition coefficient (Wildman–Crippen LogP) is 2.47. The van der Waals surface area contributed by atoms with E-state index in [1.807, 2.05) is 22.6 Å². The molecule has 2 amide bonds. The van der Waals surface area contributed by atoms with E-state index in [1.54, 1.807) is 17.0 Å². The fourth-order valence-electron chi connectivity index (χ4n) is 4.36. The van der Waals surface area contributed by atoms with Crippen LogP contribution in [0.15, 0.2) is 23.8 Å². The molecule has 3 unspecified atom stereocenters. The maximum Gasteiger partial charge on any atom is 0.247 e. The monoisotopic (exact) mass is 646 g/mol. The summed E-state index contributed by atoms with van der Waals surface area (Å²) >= 11 is 2.02. The molecule has 11 heteroatoms. The smallest absolute Gasteiger partial charge is 0.247 e. The molecule has 38 heavy (non-hydrogen) atoms. The summed E-state index contributed by atoms with van der Waals surface area (Å²) in [7, 11) is 2.97. The van der Waals surface area contributed by atoms with Gasteiger partial charge in [-0.3, -0.25) is 14.4 Å². The zero-order valence-electron chi connectivity index (χ0n) is 22.3.